The highest BCUT2D eigenvalue weighted by Gasteiger charge is 2.14. The van der Waals surface area contributed by atoms with Gasteiger partial charge in [0.15, 0.2) is 0 Å². The second-order valence-corrected chi connectivity index (χ2v) is 8.69. The van der Waals surface area contributed by atoms with E-state index < -0.39 is 10.1 Å². The molecule has 0 fully saturated rings. The van der Waals surface area contributed by atoms with Gasteiger partial charge in [-0.2, -0.15) is 8.42 Å². The van der Waals surface area contributed by atoms with Gasteiger partial charge in [0, 0.05) is 0 Å². The van der Waals surface area contributed by atoms with Crippen LogP contribution < -0.4 is 0 Å². The van der Waals surface area contributed by atoms with Gasteiger partial charge in [-0.15, -0.1) is 0 Å². The second-order valence-electron chi connectivity index (χ2n) is 7.07. The molecule has 0 N–H and O–H groups in total. The zero-order valence-electron chi connectivity index (χ0n) is 19.5. The number of hydrogen-bond acceptors (Lipinski definition) is 9. The van der Waals surface area contributed by atoms with Crippen LogP contribution in [0.1, 0.15) is 19.4 Å². The molecule has 1 rings (SSSR count). The molecule has 0 unspecified atom stereocenters. The van der Waals surface area contributed by atoms with Crippen LogP contribution in [0.3, 0.4) is 0 Å². The third-order valence-corrected chi connectivity index (χ3v) is 5.27. The molecular weight excluding hydrogens is 440 g/mol. The second kappa shape index (κ2) is 18.3. The Morgan fingerprint density at radius 1 is 0.625 bits per heavy atom. The first-order chi connectivity index (χ1) is 15.4. The van der Waals surface area contributed by atoms with Crippen molar-refractivity contribution < 1.29 is 41.0 Å². The summed E-state index contributed by atoms with van der Waals surface area (Å²) in [5, 5.41) is 0. The Morgan fingerprint density at radius 3 is 1.41 bits per heavy atom. The first kappa shape index (κ1) is 28.9. The lowest BCUT2D eigenvalue weighted by Crippen LogP contribution is -2.15. The molecule has 0 aliphatic heterocycles. The molecule has 0 atom stereocenters. The lowest BCUT2D eigenvalue weighted by Gasteiger charge is -2.09. The number of ether oxygens (including phenoxy) is 6. The van der Waals surface area contributed by atoms with Crippen molar-refractivity contribution in [1.82, 2.24) is 0 Å². The molecule has 32 heavy (non-hydrogen) atoms. The van der Waals surface area contributed by atoms with E-state index in [9.17, 15) is 8.42 Å². The van der Waals surface area contributed by atoms with Gasteiger partial charge in [0.25, 0.3) is 10.1 Å². The predicted octanol–water partition coefficient (Wildman–Crippen LogP) is 2.21. The summed E-state index contributed by atoms with van der Waals surface area (Å²) in [4.78, 5) is 0.136. The van der Waals surface area contributed by atoms with Crippen LogP contribution in [0.5, 0.6) is 0 Å². The smallest absolute Gasteiger partial charge is 0.297 e. The highest BCUT2D eigenvalue weighted by atomic mass is 32.2. The average Bonchev–Trinajstić information content (AvgIpc) is 2.75. The minimum atomic E-state index is -3.75. The van der Waals surface area contributed by atoms with Crippen molar-refractivity contribution in [3.05, 3.63) is 29.8 Å². The molecule has 0 saturated carbocycles. The molecule has 0 bridgehead atoms. The molecule has 0 spiro atoms. The van der Waals surface area contributed by atoms with Crippen LogP contribution in [0.25, 0.3) is 0 Å². The minimum absolute atomic E-state index is 0.0456. The van der Waals surface area contributed by atoms with Crippen LogP contribution in [0.4, 0.5) is 0 Å². The van der Waals surface area contributed by atoms with E-state index in [2.05, 4.69) is 0 Å². The van der Waals surface area contributed by atoms with E-state index >= 15 is 0 Å². The molecule has 186 valence electrons. The third kappa shape index (κ3) is 15.7. The van der Waals surface area contributed by atoms with Crippen LogP contribution in [-0.4, -0.2) is 93.8 Å². The predicted molar refractivity (Wildman–Crippen MR) is 119 cm³/mol. The maximum atomic E-state index is 12.0. The summed E-state index contributed by atoms with van der Waals surface area (Å²) in [5.74, 6) is 0. The maximum Gasteiger partial charge on any atom is 0.297 e. The Labute approximate surface area is 192 Å². The Hall–Kier alpha value is -1.11. The first-order valence-corrected chi connectivity index (χ1v) is 12.3. The fourth-order valence-corrected chi connectivity index (χ4v) is 3.19. The van der Waals surface area contributed by atoms with E-state index in [-0.39, 0.29) is 24.2 Å². The first-order valence-electron chi connectivity index (χ1n) is 10.9. The van der Waals surface area contributed by atoms with Crippen molar-refractivity contribution >= 4 is 10.1 Å². The van der Waals surface area contributed by atoms with Gasteiger partial charge < -0.3 is 28.4 Å². The fraction of sp³-hybridized carbons (Fsp3) is 0.727. The molecule has 10 heteroatoms. The molecule has 1 aromatic rings. The Bertz CT molecular complexity index is 662. The number of rotatable bonds is 21. The molecule has 0 aromatic heterocycles. The van der Waals surface area contributed by atoms with E-state index in [1.54, 1.807) is 12.1 Å². The SMILES string of the molecule is Cc1ccc(S(=O)(=O)OCCOCCOCCOCCOCCOCCOC(C)C)cc1. The van der Waals surface area contributed by atoms with Crippen LogP contribution in [-0.2, 0) is 42.7 Å². The Morgan fingerprint density at radius 2 is 1.00 bits per heavy atom. The van der Waals surface area contributed by atoms with Crippen molar-refractivity contribution in [1.29, 1.82) is 0 Å². The summed E-state index contributed by atoms with van der Waals surface area (Å²) in [7, 11) is -3.75. The number of benzene rings is 1. The third-order valence-electron chi connectivity index (χ3n) is 3.94. The summed E-state index contributed by atoms with van der Waals surface area (Å²) >= 11 is 0. The van der Waals surface area contributed by atoms with E-state index in [0.717, 1.165) is 5.56 Å². The minimum Gasteiger partial charge on any atom is -0.377 e. The van der Waals surface area contributed by atoms with Gasteiger partial charge in [0.1, 0.15) is 0 Å². The standard InChI is InChI=1S/C22H38O9S/c1-20(2)30-18-16-28-14-12-26-10-8-25-9-11-27-13-15-29-17-19-31-32(23,24)22-6-4-21(3)5-7-22/h4-7,20H,8-19H2,1-3H3. The summed E-state index contributed by atoms with van der Waals surface area (Å²) in [6, 6.07) is 6.49. The molecule has 1 aromatic carbocycles. The van der Waals surface area contributed by atoms with Crippen molar-refractivity contribution in [3.8, 4) is 0 Å². The normalized spacial score (nSPS) is 12.0. The van der Waals surface area contributed by atoms with Gasteiger partial charge in [-0.25, -0.2) is 0 Å². The van der Waals surface area contributed by atoms with Gasteiger partial charge in [0.2, 0.25) is 0 Å². The molecular formula is C22H38O9S. The van der Waals surface area contributed by atoms with Gasteiger partial charge in [-0.1, -0.05) is 17.7 Å². The summed E-state index contributed by atoms with van der Waals surface area (Å²) in [6.07, 6.45) is 0.221. The zero-order valence-corrected chi connectivity index (χ0v) is 20.3. The summed E-state index contributed by atoms with van der Waals surface area (Å²) in [6.45, 7) is 10.8. The number of hydrogen-bond donors (Lipinski definition) is 0. The van der Waals surface area contributed by atoms with Crippen molar-refractivity contribution in [2.75, 3.05) is 79.3 Å². The van der Waals surface area contributed by atoms with Crippen LogP contribution >= 0.6 is 0 Å². The maximum absolute atomic E-state index is 12.0. The fourth-order valence-electron chi connectivity index (χ4n) is 2.30. The van der Waals surface area contributed by atoms with Crippen LogP contribution in [0.2, 0.25) is 0 Å². The molecule has 0 radical (unpaired) electrons. The Kier molecular flexibility index (Phi) is 16.6. The summed E-state index contributed by atoms with van der Waals surface area (Å²) in [5.41, 5.74) is 0.982. The molecule has 0 aliphatic carbocycles. The largest absolute Gasteiger partial charge is 0.377 e. The van der Waals surface area contributed by atoms with Gasteiger partial charge in [-0.05, 0) is 32.9 Å². The van der Waals surface area contributed by atoms with Crippen LogP contribution in [0, 0.1) is 6.92 Å². The molecule has 9 nitrogen and oxygen atoms in total. The van der Waals surface area contributed by atoms with Crippen molar-refractivity contribution in [2.45, 2.75) is 31.8 Å². The summed E-state index contributed by atoms with van der Waals surface area (Å²) < 4.78 is 61.2. The molecule has 0 heterocycles. The van der Waals surface area contributed by atoms with Crippen LogP contribution in [0.15, 0.2) is 29.2 Å². The quantitative estimate of drug-likeness (QED) is 0.194. The highest BCUT2D eigenvalue weighted by molar-refractivity contribution is 7.86. The van der Waals surface area contributed by atoms with Crippen molar-refractivity contribution in [2.24, 2.45) is 0 Å². The monoisotopic (exact) mass is 478 g/mol. The lowest BCUT2D eigenvalue weighted by atomic mass is 10.2. The molecule has 0 aliphatic rings. The average molecular weight is 479 g/mol. The van der Waals surface area contributed by atoms with Gasteiger partial charge >= 0.3 is 0 Å². The lowest BCUT2D eigenvalue weighted by molar-refractivity contribution is -0.0219. The van der Waals surface area contributed by atoms with E-state index in [4.69, 9.17) is 32.6 Å². The molecule has 0 saturated heterocycles. The zero-order chi connectivity index (χ0) is 23.5. The van der Waals surface area contributed by atoms with E-state index in [1.807, 2.05) is 20.8 Å². The van der Waals surface area contributed by atoms with Crippen molar-refractivity contribution in [3.63, 3.8) is 0 Å². The van der Waals surface area contributed by atoms with E-state index in [0.29, 0.717) is 66.1 Å². The molecule has 0 amide bonds. The van der Waals surface area contributed by atoms with Gasteiger partial charge in [-0.3, -0.25) is 4.18 Å². The topological polar surface area (TPSA) is 98.8 Å². The highest BCUT2D eigenvalue weighted by Crippen LogP contribution is 2.12. The van der Waals surface area contributed by atoms with Gasteiger partial charge in [0.05, 0.1) is 90.3 Å². The number of aryl methyl sites for hydroxylation is 1. The Balaban J connectivity index is 1.81. The van der Waals surface area contributed by atoms with E-state index in [1.165, 1.54) is 12.1 Å².